The fourth-order valence-electron chi connectivity index (χ4n) is 4.06. The van der Waals surface area contributed by atoms with Gasteiger partial charge in [0, 0.05) is 19.0 Å². The summed E-state index contributed by atoms with van der Waals surface area (Å²) in [4.78, 5) is 6.37. The van der Waals surface area contributed by atoms with Crippen molar-refractivity contribution in [1.82, 2.24) is 10.1 Å². The summed E-state index contributed by atoms with van der Waals surface area (Å²) in [5.74, 6) is -3.67. The van der Waals surface area contributed by atoms with Crippen molar-refractivity contribution in [2.45, 2.75) is 39.5 Å². The number of hydroxylamine groups is 1. The molecular formula is C26H28F4N4O3. The molecule has 4 rings (SSSR count). The van der Waals surface area contributed by atoms with E-state index in [1.165, 1.54) is 6.92 Å². The maximum Gasteiger partial charge on any atom is 0.324 e. The van der Waals surface area contributed by atoms with Gasteiger partial charge in [-0.25, -0.2) is 22.3 Å². The van der Waals surface area contributed by atoms with E-state index in [4.69, 9.17) is 9.26 Å². The van der Waals surface area contributed by atoms with Crippen molar-refractivity contribution in [3.8, 4) is 16.9 Å². The molecule has 2 heterocycles. The standard InChI is InChI=1S/C26H28F4N4O3/c1-4-34(35)13-19-20(27)9-17(10-21(19)28)18-11-22(29)24(23(30)12-18)36-14-16-5-7-33(8-6-16)26-31-25(15(2)3)32-37-26/h9-13,15-16H,4-8,14H2,1-3H3/b34-13-. The molecule has 198 valence electrons. The molecule has 0 amide bonds. The molecule has 1 fully saturated rings. The average Bonchev–Trinajstić information content (AvgIpc) is 3.36. The van der Waals surface area contributed by atoms with Crippen molar-refractivity contribution in [2.24, 2.45) is 5.92 Å². The first-order valence-corrected chi connectivity index (χ1v) is 12.1. The lowest BCUT2D eigenvalue weighted by molar-refractivity contribution is -0.447. The van der Waals surface area contributed by atoms with Crippen molar-refractivity contribution in [3.63, 3.8) is 0 Å². The molecule has 1 aromatic heterocycles. The fraction of sp³-hybridized carbons (Fsp3) is 0.423. The molecule has 0 N–H and O–H groups in total. The highest BCUT2D eigenvalue weighted by atomic mass is 19.1. The highest BCUT2D eigenvalue weighted by molar-refractivity contribution is 5.79. The van der Waals surface area contributed by atoms with Crippen molar-refractivity contribution in [2.75, 3.05) is 31.1 Å². The summed E-state index contributed by atoms with van der Waals surface area (Å²) >= 11 is 0. The summed E-state index contributed by atoms with van der Waals surface area (Å²) in [6.45, 7) is 6.89. The summed E-state index contributed by atoms with van der Waals surface area (Å²) in [6, 6.07) is 4.24. The molecule has 2 aromatic carbocycles. The number of halogens is 4. The predicted octanol–water partition coefficient (Wildman–Crippen LogP) is 5.66. The van der Waals surface area contributed by atoms with Crippen LogP contribution in [0.25, 0.3) is 11.1 Å². The van der Waals surface area contributed by atoms with E-state index in [2.05, 4.69) is 10.1 Å². The minimum absolute atomic E-state index is 0.00936. The number of nitrogens with zero attached hydrogens (tertiary/aromatic N) is 4. The molecule has 7 nitrogen and oxygen atoms in total. The van der Waals surface area contributed by atoms with Crippen molar-refractivity contribution >= 4 is 12.2 Å². The van der Waals surface area contributed by atoms with Crippen LogP contribution in [0.2, 0.25) is 0 Å². The van der Waals surface area contributed by atoms with Crippen LogP contribution < -0.4 is 9.64 Å². The second kappa shape index (κ2) is 11.2. The zero-order valence-electron chi connectivity index (χ0n) is 20.8. The van der Waals surface area contributed by atoms with Crippen LogP contribution in [0.3, 0.4) is 0 Å². The Bertz CT molecular complexity index is 1240. The highest BCUT2D eigenvalue weighted by Crippen LogP contribution is 2.32. The maximum absolute atomic E-state index is 14.8. The number of ether oxygens (including phenoxy) is 1. The number of hydrogen-bond acceptors (Lipinski definition) is 6. The number of rotatable bonds is 8. The first-order chi connectivity index (χ1) is 17.7. The molecule has 3 aromatic rings. The lowest BCUT2D eigenvalue weighted by Gasteiger charge is -2.30. The molecule has 0 atom stereocenters. The number of hydrogen-bond donors (Lipinski definition) is 0. The molecule has 0 aliphatic carbocycles. The van der Waals surface area contributed by atoms with E-state index in [0.717, 1.165) is 30.5 Å². The molecule has 0 spiro atoms. The molecule has 1 aliphatic heterocycles. The monoisotopic (exact) mass is 520 g/mol. The van der Waals surface area contributed by atoms with Gasteiger partial charge >= 0.3 is 6.01 Å². The summed E-state index contributed by atoms with van der Waals surface area (Å²) in [5, 5.41) is 15.4. The quantitative estimate of drug-likeness (QED) is 0.125. The Balaban J connectivity index is 1.40. The lowest BCUT2D eigenvalue weighted by Crippen LogP contribution is -2.35. The van der Waals surface area contributed by atoms with Gasteiger partial charge in [0.15, 0.2) is 36.0 Å². The van der Waals surface area contributed by atoms with Gasteiger partial charge in [-0.3, -0.25) is 0 Å². The van der Waals surface area contributed by atoms with Crippen LogP contribution in [0.1, 0.15) is 50.9 Å². The Hall–Kier alpha value is -3.63. The smallest absolute Gasteiger partial charge is 0.324 e. The van der Waals surface area contributed by atoms with Crippen molar-refractivity contribution < 1.29 is 31.6 Å². The molecule has 11 heteroatoms. The van der Waals surface area contributed by atoms with Crippen LogP contribution in [-0.4, -0.2) is 47.3 Å². The number of aromatic nitrogens is 2. The molecule has 0 unspecified atom stereocenters. The topological polar surface area (TPSA) is 77.5 Å². The predicted molar refractivity (Wildman–Crippen MR) is 130 cm³/mol. The molecule has 1 saturated heterocycles. The number of anilines is 1. The number of piperidine rings is 1. The van der Waals surface area contributed by atoms with E-state index >= 15 is 0 Å². The molecule has 37 heavy (non-hydrogen) atoms. The molecule has 0 bridgehead atoms. The van der Waals surface area contributed by atoms with E-state index < -0.39 is 34.6 Å². The summed E-state index contributed by atoms with van der Waals surface area (Å²) < 4.78 is 69.5. The third-order valence-electron chi connectivity index (χ3n) is 6.29. The Morgan fingerprint density at radius 2 is 1.62 bits per heavy atom. The van der Waals surface area contributed by atoms with Gasteiger partial charge in [0.05, 0.1) is 6.61 Å². The van der Waals surface area contributed by atoms with Gasteiger partial charge in [0.25, 0.3) is 0 Å². The van der Waals surface area contributed by atoms with E-state index in [1.807, 2.05) is 18.7 Å². The van der Waals surface area contributed by atoms with E-state index in [0.29, 0.717) is 42.5 Å². The van der Waals surface area contributed by atoms with Gasteiger partial charge < -0.3 is 19.4 Å². The minimum atomic E-state index is -1.02. The van der Waals surface area contributed by atoms with Crippen LogP contribution in [0.4, 0.5) is 23.6 Å². The van der Waals surface area contributed by atoms with Crippen molar-refractivity contribution in [1.29, 1.82) is 0 Å². The fourth-order valence-corrected chi connectivity index (χ4v) is 4.06. The second-order valence-corrected chi connectivity index (χ2v) is 9.32. The first-order valence-electron chi connectivity index (χ1n) is 12.1. The summed E-state index contributed by atoms with van der Waals surface area (Å²) in [5.41, 5.74) is -0.652. The SMILES string of the molecule is CC/[N+]([O-])=C/c1c(F)cc(-c2cc(F)c(OCC3CCN(c4nc(C(C)C)no4)CC3)c(F)c2)cc1F. The van der Waals surface area contributed by atoms with Gasteiger partial charge in [-0.1, -0.05) is 19.0 Å². The Kier molecular flexibility index (Phi) is 7.99. The van der Waals surface area contributed by atoms with Crippen LogP contribution in [0, 0.1) is 34.4 Å². The second-order valence-electron chi connectivity index (χ2n) is 9.32. The van der Waals surface area contributed by atoms with Gasteiger partial charge in [-0.05, 0) is 61.1 Å². The van der Waals surface area contributed by atoms with Gasteiger partial charge in [0.2, 0.25) is 0 Å². The summed E-state index contributed by atoms with van der Waals surface area (Å²) in [7, 11) is 0. The highest BCUT2D eigenvalue weighted by Gasteiger charge is 2.25. The van der Waals surface area contributed by atoms with Gasteiger partial charge in [-0.2, -0.15) is 4.98 Å². The maximum atomic E-state index is 14.8. The Morgan fingerprint density at radius 3 is 2.14 bits per heavy atom. The zero-order valence-corrected chi connectivity index (χ0v) is 20.8. The third kappa shape index (κ3) is 6.03. The van der Waals surface area contributed by atoms with E-state index in [-0.39, 0.29) is 36.1 Å². The number of benzene rings is 2. The third-order valence-corrected chi connectivity index (χ3v) is 6.29. The Morgan fingerprint density at radius 1 is 1.05 bits per heavy atom. The molecule has 1 aliphatic rings. The average molecular weight is 521 g/mol. The zero-order chi connectivity index (χ0) is 26.7. The summed E-state index contributed by atoms with van der Waals surface area (Å²) in [6.07, 6.45) is 2.21. The van der Waals surface area contributed by atoms with Crippen LogP contribution in [0.15, 0.2) is 28.8 Å². The van der Waals surface area contributed by atoms with Gasteiger partial charge in [0.1, 0.15) is 17.2 Å². The Labute approximate surface area is 211 Å². The van der Waals surface area contributed by atoms with Crippen LogP contribution in [0.5, 0.6) is 5.75 Å². The molecular weight excluding hydrogens is 492 g/mol. The lowest BCUT2D eigenvalue weighted by atomic mass is 9.98. The van der Waals surface area contributed by atoms with Gasteiger partial charge in [-0.15, -0.1) is 0 Å². The van der Waals surface area contributed by atoms with Crippen LogP contribution in [-0.2, 0) is 0 Å². The first kappa shape index (κ1) is 26.4. The normalized spacial score (nSPS) is 15.0. The van der Waals surface area contributed by atoms with Crippen molar-refractivity contribution in [3.05, 3.63) is 64.1 Å². The largest absolute Gasteiger partial charge is 0.624 e. The molecule has 0 radical (unpaired) electrons. The van der Waals surface area contributed by atoms with E-state index in [1.54, 1.807) is 0 Å². The minimum Gasteiger partial charge on any atom is -0.624 e. The van der Waals surface area contributed by atoms with E-state index in [9.17, 15) is 22.8 Å². The molecule has 0 saturated carbocycles. The van der Waals surface area contributed by atoms with Crippen LogP contribution >= 0.6 is 0 Å².